The molecule has 3 heteroatoms. The third kappa shape index (κ3) is 3.98. The summed E-state index contributed by atoms with van der Waals surface area (Å²) in [5.41, 5.74) is 3.74. The molecule has 0 spiro atoms. The van der Waals surface area contributed by atoms with Crippen LogP contribution < -0.4 is 4.90 Å². The number of carbonyl (C=O) groups excluding carboxylic acids is 1. The minimum atomic E-state index is -0.177. The zero-order valence-electron chi connectivity index (χ0n) is 17.4. The van der Waals surface area contributed by atoms with E-state index in [0.29, 0.717) is 0 Å². The van der Waals surface area contributed by atoms with Gasteiger partial charge in [0.15, 0.2) is 5.78 Å². The highest BCUT2D eigenvalue weighted by Crippen LogP contribution is 2.45. The summed E-state index contributed by atoms with van der Waals surface area (Å²) in [6.07, 6.45) is 8.40. The second kappa shape index (κ2) is 6.87. The van der Waals surface area contributed by atoms with Crippen molar-refractivity contribution in [3.63, 3.8) is 0 Å². The number of anilines is 1. The first-order valence-corrected chi connectivity index (χ1v) is 10.2. The first-order valence-electron chi connectivity index (χ1n) is 9.40. The molecule has 0 unspecified atom stereocenters. The van der Waals surface area contributed by atoms with Crippen molar-refractivity contribution in [2.45, 2.75) is 46.4 Å². The molecule has 1 aromatic rings. The Morgan fingerprint density at radius 2 is 1.44 bits per heavy atom. The molecular weight excluding hydrogens is 350 g/mol. The smallest absolute Gasteiger partial charge is 0.186 e. The van der Waals surface area contributed by atoms with E-state index in [1.807, 2.05) is 0 Å². The zero-order valence-corrected chi connectivity index (χ0v) is 18.2. The summed E-state index contributed by atoms with van der Waals surface area (Å²) < 4.78 is 0. The molecule has 1 aromatic carbocycles. The summed E-state index contributed by atoms with van der Waals surface area (Å²) in [6, 6.07) is 8.44. The van der Waals surface area contributed by atoms with E-state index in [9.17, 15) is 4.79 Å². The maximum Gasteiger partial charge on any atom is 0.186 e. The SMILES string of the molecule is CN1/C(=C\C=C2C=C(C(C)(C)C)C(=O)C(C(C)(C)C)=C2)Sc2ccccc21. The first kappa shape index (κ1) is 19.8. The molecule has 2 aliphatic rings. The largest absolute Gasteiger partial charge is 0.338 e. The Morgan fingerprint density at radius 3 is 1.96 bits per heavy atom. The number of thioether (sulfide) groups is 1. The number of hydrogen-bond acceptors (Lipinski definition) is 3. The third-order valence-electron chi connectivity index (χ3n) is 4.92. The molecule has 0 bridgehead atoms. The van der Waals surface area contributed by atoms with Crippen molar-refractivity contribution in [3.8, 4) is 0 Å². The molecule has 3 rings (SSSR count). The van der Waals surface area contributed by atoms with Gasteiger partial charge in [0.1, 0.15) is 0 Å². The highest BCUT2D eigenvalue weighted by molar-refractivity contribution is 8.03. The fraction of sp³-hybridized carbons (Fsp3) is 0.375. The van der Waals surface area contributed by atoms with E-state index in [4.69, 9.17) is 0 Å². The van der Waals surface area contributed by atoms with Gasteiger partial charge in [-0.05, 0) is 46.8 Å². The van der Waals surface area contributed by atoms with Crippen LogP contribution in [0.3, 0.4) is 0 Å². The highest BCUT2D eigenvalue weighted by atomic mass is 32.2. The summed E-state index contributed by atoms with van der Waals surface area (Å²) in [5.74, 6) is 0.180. The van der Waals surface area contributed by atoms with Gasteiger partial charge in [-0.2, -0.15) is 0 Å². The number of fused-ring (bicyclic) bond motifs is 1. The lowest BCUT2D eigenvalue weighted by atomic mass is 9.72. The second-order valence-electron chi connectivity index (χ2n) is 9.25. The molecule has 27 heavy (non-hydrogen) atoms. The zero-order chi connectivity index (χ0) is 20.0. The van der Waals surface area contributed by atoms with E-state index in [0.717, 1.165) is 16.7 Å². The van der Waals surface area contributed by atoms with Gasteiger partial charge in [0.25, 0.3) is 0 Å². The van der Waals surface area contributed by atoms with Gasteiger partial charge in [-0.25, -0.2) is 0 Å². The van der Waals surface area contributed by atoms with Crippen LogP contribution in [0.4, 0.5) is 5.69 Å². The summed E-state index contributed by atoms with van der Waals surface area (Å²) in [5, 5.41) is 1.19. The van der Waals surface area contributed by atoms with E-state index in [-0.39, 0.29) is 16.6 Å². The average Bonchev–Trinajstić information content (AvgIpc) is 2.88. The molecular formula is C24H29NOS. The fourth-order valence-corrected chi connectivity index (χ4v) is 4.35. The van der Waals surface area contributed by atoms with Crippen molar-refractivity contribution < 1.29 is 4.79 Å². The van der Waals surface area contributed by atoms with Gasteiger partial charge >= 0.3 is 0 Å². The molecule has 2 nitrogen and oxygen atoms in total. The Hall–Kier alpha value is -2.00. The molecule has 0 atom stereocenters. The lowest BCUT2D eigenvalue weighted by Gasteiger charge is -2.31. The number of ketones is 1. The van der Waals surface area contributed by atoms with Crippen LogP contribution in [0.1, 0.15) is 41.5 Å². The summed E-state index contributed by atoms with van der Waals surface area (Å²) in [4.78, 5) is 16.5. The predicted octanol–water partition coefficient (Wildman–Crippen LogP) is 6.52. The van der Waals surface area contributed by atoms with Crippen LogP contribution >= 0.6 is 11.8 Å². The van der Waals surface area contributed by atoms with Gasteiger partial charge in [-0.3, -0.25) is 4.79 Å². The fourth-order valence-electron chi connectivity index (χ4n) is 3.30. The molecule has 0 aromatic heterocycles. The predicted molar refractivity (Wildman–Crippen MR) is 117 cm³/mol. The molecule has 0 fully saturated rings. The van der Waals surface area contributed by atoms with E-state index in [1.165, 1.54) is 15.6 Å². The quantitative estimate of drug-likeness (QED) is 0.554. The van der Waals surface area contributed by atoms with E-state index in [2.05, 4.69) is 102 Å². The van der Waals surface area contributed by atoms with Gasteiger partial charge in [0, 0.05) is 23.1 Å². The van der Waals surface area contributed by atoms with Gasteiger partial charge in [-0.15, -0.1) is 0 Å². The Kier molecular flexibility index (Phi) is 5.02. The summed E-state index contributed by atoms with van der Waals surface area (Å²) >= 11 is 1.78. The van der Waals surface area contributed by atoms with Crippen molar-refractivity contribution in [3.05, 3.63) is 70.3 Å². The van der Waals surface area contributed by atoms with Crippen molar-refractivity contribution in [2.75, 3.05) is 11.9 Å². The minimum Gasteiger partial charge on any atom is -0.338 e. The minimum absolute atomic E-state index is 0.177. The van der Waals surface area contributed by atoms with E-state index in [1.54, 1.807) is 11.8 Å². The molecule has 0 radical (unpaired) electrons. The normalized spacial score (nSPS) is 19.2. The lowest BCUT2D eigenvalue weighted by molar-refractivity contribution is -0.114. The third-order valence-corrected chi connectivity index (χ3v) is 6.10. The van der Waals surface area contributed by atoms with Gasteiger partial charge in [-0.1, -0.05) is 71.5 Å². The Balaban J connectivity index is 2.00. The van der Waals surface area contributed by atoms with Crippen molar-refractivity contribution in [2.24, 2.45) is 10.8 Å². The van der Waals surface area contributed by atoms with Crippen molar-refractivity contribution >= 4 is 23.2 Å². The maximum absolute atomic E-state index is 13.0. The first-order chi connectivity index (χ1) is 12.5. The molecule has 0 saturated carbocycles. The van der Waals surface area contributed by atoms with Crippen LogP contribution in [0.25, 0.3) is 0 Å². The van der Waals surface area contributed by atoms with Gasteiger partial charge in [0.05, 0.1) is 10.7 Å². The van der Waals surface area contributed by atoms with Crippen molar-refractivity contribution in [1.82, 2.24) is 0 Å². The molecule has 1 aliphatic carbocycles. The number of allylic oxidation sites excluding steroid dienone is 7. The monoisotopic (exact) mass is 379 g/mol. The number of hydrogen-bond donors (Lipinski definition) is 0. The molecule has 0 saturated heterocycles. The summed E-state index contributed by atoms with van der Waals surface area (Å²) in [6.45, 7) is 12.6. The van der Waals surface area contributed by atoms with Crippen molar-refractivity contribution in [1.29, 1.82) is 0 Å². The lowest BCUT2D eigenvalue weighted by Crippen LogP contribution is -2.27. The van der Waals surface area contributed by atoms with Crippen LogP contribution in [0.5, 0.6) is 0 Å². The number of benzene rings is 1. The van der Waals surface area contributed by atoms with Crippen LogP contribution in [-0.4, -0.2) is 12.8 Å². The molecule has 142 valence electrons. The van der Waals surface area contributed by atoms with Crippen LogP contribution in [0.2, 0.25) is 0 Å². The number of carbonyl (C=O) groups is 1. The summed E-state index contributed by atoms with van der Waals surface area (Å²) in [7, 11) is 2.10. The van der Waals surface area contributed by atoms with E-state index < -0.39 is 0 Å². The molecule has 1 heterocycles. The second-order valence-corrected chi connectivity index (χ2v) is 10.3. The van der Waals surface area contributed by atoms with Crippen LogP contribution in [0.15, 0.2) is 75.2 Å². The average molecular weight is 380 g/mol. The Labute approximate surface area is 167 Å². The molecule has 0 amide bonds. The van der Waals surface area contributed by atoms with Gasteiger partial charge < -0.3 is 4.90 Å². The Bertz CT molecular complexity index is 865. The number of Topliss-reactive ketones (excluding diaryl/α,β-unsaturated/α-hetero) is 1. The van der Waals surface area contributed by atoms with Crippen LogP contribution in [0, 0.1) is 10.8 Å². The van der Waals surface area contributed by atoms with E-state index >= 15 is 0 Å². The maximum atomic E-state index is 13.0. The standard InChI is InChI=1S/C24H29NOS/c1-23(2,3)17-14-16(15-18(22(17)26)24(4,5)6)12-13-21-25(7)19-10-8-9-11-20(19)27-21/h8-15H,1-7H3/b21-13+. The Morgan fingerprint density at radius 1 is 0.889 bits per heavy atom. The number of nitrogens with zero attached hydrogens (tertiary/aromatic N) is 1. The van der Waals surface area contributed by atoms with Crippen LogP contribution in [-0.2, 0) is 4.79 Å². The number of rotatable bonds is 1. The molecule has 0 N–H and O–H groups in total. The topological polar surface area (TPSA) is 20.3 Å². The number of para-hydroxylation sites is 1. The molecule has 1 aliphatic heterocycles. The highest BCUT2D eigenvalue weighted by Gasteiger charge is 2.33. The van der Waals surface area contributed by atoms with Gasteiger partial charge in [0.2, 0.25) is 0 Å².